The molecular formula is C25H29N7O. The van der Waals surface area contributed by atoms with Crippen molar-refractivity contribution in [1.29, 1.82) is 5.41 Å². The van der Waals surface area contributed by atoms with Gasteiger partial charge in [0, 0.05) is 74.0 Å². The largest absolute Gasteiger partial charge is 0.388 e. The molecule has 4 rings (SSSR count). The standard InChI is InChI=1S/C25H29N7O/c1-16-9-10-19(15-32(16)17(2)33)25-30-23(18-6-5-11-28-14-18)12-24(31-25)29-22-8-4-7-21(27-3)20(22)13-26/h4-8,11-14,16,19,26-27H,9-10,15H2,1-3H3,(H,29,30,31)/t16-,19+/m0/s1. The zero-order chi connectivity index (χ0) is 23.4. The first-order valence-electron chi connectivity index (χ1n) is 11.1. The van der Waals surface area contributed by atoms with Crippen LogP contribution >= 0.6 is 0 Å². The van der Waals surface area contributed by atoms with E-state index in [4.69, 9.17) is 15.4 Å². The summed E-state index contributed by atoms with van der Waals surface area (Å²) in [5.41, 5.74) is 4.05. The van der Waals surface area contributed by atoms with Crippen molar-refractivity contribution in [2.24, 2.45) is 0 Å². The molecule has 0 saturated carbocycles. The van der Waals surface area contributed by atoms with Gasteiger partial charge in [-0.05, 0) is 44.0 Å². The Balaban J connectivity index is 1.75. The number of aromatic nitrogens is 3. The van der Waals surface area contributed by atoms with Gasteiger partial charge in [0.2, 0.25) is 5.91 Å². The number of hydrogen-bond donors (Lipinski definition) is 3. The molecule has 2 aromatic heterocycles. The Morgan fingerprint density at radius 2 is 2.00 bits per heavy atom. The highest BCUT2D eigenvalue weighted by Crippen LogP contribution is 2.32. The highest BCUT2D eigenvalue weighted by molar-refractivity contribution is 5.94. The second kappa shape index (κ2) is 9.77. The molecule has 33 heavy (non-hydrogen) atoms. The average Bonchev–Trinajstić information content (AvgIpc) is 2.84. The zero-order valence-corrected chi connectivity index (χ0v) is 19.2. The number of benzene rings is 1. The van der Waals surface area contributed by atoms with Crippen LogP contribution in [0.5, 0.6) is 0 Å². The molecule has 1 saturated heterocycles. The molecule has 0 radical (unpaired) electrons. The summed E-state index contributed by atoms with van der Waals surface area (Å²) in [4.78, 5) is 28.0. The van der Waals surface area contributed by atoms with Gasteiger partial charge >= 0.3 is 0 Å². The summed E-state index contributed by atoms with van der Waals surface area (Å²) in [6, 6.07) is 11.8. The number of amides is 1. The van der Waals surface area contributed by atoms with E-state index in [0.717, 1.165) is 41.0 Å². The van der Waals surface area contributed by atoms with Crippen molar-refractivity contribution in [2.45, 2.75) is 38.6 Å². The first kappa shape index (κ1) is 22.4. The van der Waals surface area contributed by atoms with Gasteiger partial charge in [-0.25, -0.2) is 9.97 Å². The maximum absolute atomic E-state index is 12.2. The van der Waals surface area contributed by atoms with Gasteiger partial charge in [0.05, 0.1) is 11.4 Å². The Morgan fingerprint density at radius 3 is 2.70 bits per heavy atom. The lowest BCUT2D eigenvalue weighted by Gasteiger charge is -2.37. The molecule has 3 N–H and O–H groups in total. The Kier molecular flexibility index (Phi) is 6.63. The first-order valence-corrected chi connectivity index (χ1v) is 11.1. The molecule has 0 unspecified atom stereocenters. The second-order valence-corrected chi connectivity index (χ2v) is 8.32. The molecule has 3 heterocycles. The average molecular weight is 444 g/mol. The fraction of sp³-hybridized carbons (Fsp3) is 0.320. The lowest BCUT2D eigenvalue weighted by atomic mass is 9.92. The van der Waals surface area contributed by atoms with Crippen molar-refractivity contribution in [2.75, 3.05) is 24.2 Å². The monoisotopic (exact) mass is 443 g/mol. The normalized spacial score (nSPS) is 18.0. The van der Waals surface area contributed by atoms with Crippen molar-refractivity contribution < 1.29 is 4.79 Å². The van der Waals surface area contributed by atoms with E-state index < -0.39 is 0 Å². The third-order valence-electron chi connectivity index (χ3n) is 6.13. The number of nitrogens with zero attached hydrogens (tertiary/aromatic N) is 4. The number of carbonyl (C=O) groups excluding carboxylic acids is 1. The van der Waals surface area contributed by atoms with Gasteiger partial charge in [-0.1, -0.05) is 6.07 Å². The Bertz CT molecular complexity index is 1150. The van der Waals surface area contributed by atoms with E-state index >= 15 is 0 Å². The SMILES string of the molecule is CNc1cccc(Nc2cc(-c3cccnc3)nc([C@@H]3CC[C@H](C)N(C(C)=O)C3)n2)c1C=N. The van der Waals surface area contributed by atoms with Gasteiger partial charge < -0.3 is 20.9 Å². The molecule has 1 aliphatic rings. The van der Waals surface area contributed by atoms with Crippen LogP contribution in [0.1, 0.15) is 44.0 Å². The number of piperidine rings is 1. The highest BCUT2D eigenvalue weighted by atomic mass is 16.2. The molecule has 170 valence electrons. The third-order valence-corrected chi connectivity index (χ3v) is 6.13. The van der Waals surface area contributed by atoms with Gasteiger partial charge in [-0.2, -0.15) is 0 Å². The molecule has 3 aromatic rings. The highest BCUT2D eigenvalue weighted by Gasteiger charge is 2.30. The Morgan fingerprint density at radius 1 is 1.18 bits per heavy atom. The van der Waals surface area contributed by atoms with Gasteiger partial charge in [0.15, 0.2) is 0 Å². The van der Waals surface area contributed by atoms with Crippen LogP contribution < -0.4 is 10.6 Å². The smallest absolute Gasteiger partial charge is 0.219 e. The minimum atomic E-state index is 0.0492. The molecule has 0 aliphatic carbocycles. The summed E-state index contributed by atoms with van der Waals surface area (Å²) in [6.45, 7) is 4.31. The fourth-order valence-electron chi connectivity index (χ4n) is 4.32. The lowest BCUT2D eigenvalue weighted by molar-refractivity contribution is -0.132. The molecule has 1 aliphatic heterocycles. The number of anilines is 3. The molecule has 1 fully saturated rings. The van der Waals surface area contributed by atoms with Crippen LogP contribution in [0.4, 0.5) is 17.2 Å². The van der Waals surface area contributed by atoms with E-state index in [-0.39, 0.29) is 17.9 Å². The van der Waals surface area contributed by atoms with E-state index in [0.29, 0.717) is 18.2 Å². The number of pyridine rings is 1. The number of carbonyl (C=O) groups is 1. The maximum Gasteiger partial charge on any atom is 0.219 e. The molecule has 0 spiro atoms. The van der Waals surface area contributed by atoms with E-state index in [1.165, 1.54) is 6.21 Å². The number of hydrogen-bond acceptors (Lipinski definition) is 7. The molecule has 1 aromatic carbocycles. The van der Waals surface area contributed by atoms with E-state index in [9.17, 15) is 4.79 Å². The lowest BCUT2D eigenvalue weighted by Crippen LogP contribution is -2.44. The minimum Gasteiger partial charge on any atom is -0.388 e. The summed E-state index contributed by atoms with van der Waals surface area (Å²) in [5, 5.41) is 14.4. The van der Waals surface area contributed by atoms with Crippen LogP contribution in [-0.2, 0) is 4.79 Å². The van der Waals surface area contributed by atoms with Crippen LogP contribution in [0.3, 0.4) is 0 Å². The van der Waals surface area contributed by atoms with Gasteiger partial charge in [0.1, 0.15) is 11.6 Å². The van der Waals surface area contributed by atoms with Crippen LogP contribution in [0, 0.1) is 5.41 Å². The van der Waals surface area contributed by atoms with Gasteiger partial charge in [-0.15, -0.1) is 0 Å². The van der Waals surface area contributed by atoms with Gasteiger partial charge in [-0.3, -0.25) is 9.78 Å². The van der Waals surface area contributed by atoms with Crippen molar-refractivity contribution in [3.05, 3.63) is 60.2 Å². The summed E-state index contributed by atoms with van der Waals surface area (Å²) in [7, 11) is 1.83. The molecule has 1 amide bonds. The van der Waals surface area contributed by atoms with Crippen LogP contribution in [-0.4, -0.2) is 51.6 Å². The molecular weight excluding hydrogens is 414 g/mol. The number of likely N-dealkylation sites (tertiary alicyclic amines) is 1. The molecule has 8 heteroatoms. The van der Waals surface area contributed by atoms with Crippen molar-refractivity contribution >= 4 is 29.3 Å². The quantitative estimate of drug-likeness (QED) is 0.487. The Labute approximate surface area is 194 Å². The summed E-state index contributed by atoms with van der Waals surface area (Å²) in [5.74, 6) is 1.47. The number of nitrogens with one attached hydrogen (secondary N) is 3. The van der Waals surface area contributed by atoms with E-state index in [1.807, 2.05) is 48.3 Å². The van der Waals surface area contributed by atoms with Crippen molar-refractivity contribution in [3.63, 3.8) is 0 Å². The first-order chi connectivity index (χ1) is 16.0. The Hall–Kier alpha value is -3.81. The molecule has 0 bridgehead atoms. The minimum absolute atomic E-state index is 0.0492. The predicted octanol–water partition coefficient (Wildman–Crippen LogP) is 4.44. The van der Waals surface area contributed by atoms with Crippen LogP contribution in [0.2, 0.25) is 0 Å². The van der Waals surface area contributed by atoms with Crippen molar-refractivity contribution in [3.8, 4) is 11.3 Å². The van der Waals surface area contributed by atoms with E-state index in [2.05, 4.69) is 22.5 Å². The van der Waals surface area contributed by atoms with Crippen molar-refractivity contribution in [1.82, 2.24) is 19.9 Å². The summed E-state index contributed by atoms with van der Waals surface area (Å²) < 4.78 is 0. The van der Waals surface area contributed by atoms with Crippen LogP contribution in [0.15, 0.2) is 48.8 Å². The number of rotatable bonds is 6. The maximum atomic E-state index is 12.2. The zero-order valence-electron chi connectivity index (χ0n) is 19.2. The van der Waals surface area contributed by atoms with E-state index in [1.54, 1.807) is 19.3 Å². The molecule has 2 atom stereocenters. The molecule has 8 nitrogen and oxygen atoms in total. The fourth-order valence-corrected chi connectivity index (χ4v) is 4.32. The third kappa shape index (κ3) is 4.84. The summed E-state index contributed by atoms with van der Waals surface area (Å²) >= 11 is 0. The second-order valence-electron chi connectivity index (χ2n) is 8.32. The summed E-state index contributed by atoms with van der Waals surface area (Å²) in [6.07, 6.45) is 6.67. The topological polar surface area (TPSA) is 107 Å². The predicted molar refractivity (Wildman–Crippen MR) is 131 cm³/mol. The van der Waals surface area contributed by atoms with Gasteiger partial charge in [0.25, 0.3) is 0 Å². The van der Waals surface area contributed by atoms with Crippen LogP contribution in [0.25, 0.3) is 11.3 Å².